The second-order valence-electron chi connectivity index (χ2n) is 9.11. The Labute approximate surface area is 178 Å². The van der Waals surface area contributed by atoms with E-state index < -0.39 is 11.8 Å². The molecule has 0 aromatic heterocycles. The summed E-state index contributed by atoms with van der Waals surface area (Å²) in [6.45, 7) is 9.35. The van der Waals surface area contributed by atoms with E-state index in [1.807, 2.05) is 12.1 Å². The topological polar surface area (TPSA) is 24.5 Å². The SMILES string of the molecule is CC(C)NC(C)c1ccc(CN2CCc3c(cccc3OCC3CC3(F)F)C2)cc1. The van der Waals surface area contributed by atoms with E-state index in [1.54, 1.807) is 0 Å². The maximum Gasteiger partial charge on any atom is 0.255 e. The Morgan fingerprint density at radius 3 is 2.53 bits per heavy atom. The molecule has 1 fully saturated rings. The lowest BCUT2D eigenvalue weighted by Crippen LogP contribution is -2.30. The van der Waals surface area contributed by atoms with E-state index in [2.05, 4.69) is 61.3 Å². The van der Waals surface area contributed by atoms with Crippen LogP contribution in [-0.4, -0.2) is 30.0 Å². The van der Waals surface area contributed by atoms with Crippen molar-refractivity contribution in [3.05, 3.63) is 64.7 Å². The summed E-state index contributed by atoms with van der Waals surface area (Å²) in [5.74, 6) is -2.36. The highest BCUT2D eigenvalue weighted by Gasteiger charge is 2.57. The molecule has 162 valence electrons. The first-order chi connectivity index (χ1) is 14.3. The molecule has 0 amide bonds. The Kier molecular flexibility index (Phi) is 6.12. The van der Waals surface area contributed by atoms with Gasteiger partial charge in [-0.05, 0) is 41.7 Å². The first-order valence-electron chi connectivity index (χ1n) is 11.0. The van der Waals surface area contributed by atoms with Crippen molar-refractivity contribution in [3.63, 3.8) is 0 Å². The van der Waals surface area contributed by atoms with Gasteiger partial charge in [-0.3, -0.25) is 4.90 Å². The van der Waals surface area contributed by atoms with Crippen LogP contribution in [0.2, 0.25) is 0 Å². The molecule has 2 atom stereocenters. The van der Waals surface area contributed by atoms with Crippen molar-refractivity contribution < 1.29 is 13.5 Å². The van der Waals surface area contributed by atoms with E-state index in [-0.39, 0.29) is 13.0 Å². The van der Waals surface area contributed by atoms with Gasteiger partial charge in [0, 0.05) is 38.1 Å². The average molecular weight is 415 g/mol. The van der Waals surface area contributed by atoms with Crippen molar-refractivity contribution in [1.29, 1.82) is 0 Å². The highest BCUT2D eigenvalue weighted by atomic mass is 19.3. The molecule has 2 unspecified atom stereocenters. The zero-order chi connectivity index (χ0) is 21.3. The van der Waals surface area contributed by atoms with E-state index in [0.29, 0.717) is 12.1 Å². The summed E-state index contributed by atoms with van der Waals surface area (Å²) >= 11 is 0. The monoisotopic (exact) mass is 414 g/mol. The molecule has 30 heavy (non-hydrogen) atoms. The molecule has 1 heterocycles. The van der Waals surface area contributed by atoms with E-state index in [1.165, 1.54) is 22.3 Å². The van der Waals surface area contributed by atoms with E-state index in [9.17, 15) is 8.78 Å². The normalized spacial score (nSPS) is 21.3. The van der Waals surface area contributed by atoms with Crippen LogP contribution < -0.4 is 10.1 Å². The molecule has 0 radical (unpaired) electrons. The molecular weight excluding hydrogens is 382 g/mol. The lowest BCUT2D eigenvalue weighted by molar-refractivity contribution is 0.0853. The van der Waals surface area contributed by atoms with Crippen LogP contribution in [0.15, 0.2) is 42.5 Å². The maximum atomic E-state index is 13.1. The van der Waals surface area contributed by atoms with Crippen LogP contribution in [0, 0.1) is 5.92 Å². The van der Waals surface area contributed by atoms with Crippen molar-refractivity contribution in [2.75, 3.05) is 13.2 Å². The Bertz CT molecular complexity index is 866. The third-order valence-corrected chi connectivity index (χ3v) is 6.17. The van der Waals surface area contributed by atoms with Gasteiger partial charge in [-0.25, -0.2) is 8.78 Å². The molecule has 4 rings (SSSR count). The second kappa shape index (κ2) is 8.64. The number of rotatable bonds is 8. The van der Waals surface area contributed by atoms with Crippen LogP contribution in [0.4, 0.5) is 8.78 Å². The molecule has 1 aliphatic carbocycles. The quantitative estimate of drug-likeness (QED) is 0.631. The van der Waals surface area contributed by atoms with Gasteiger partial charge in [0.15, 0.2) is 0 Å². The minimum Gasteiger partial charge on any atom is -0.493 e. The highest BCUT2D eigenvalue weighted by molar-refractivity contribution is 5.42. The summed E-state index contributed by atoms with van der Waals surface area (Å²) in [6.07, 6.45) is 0.848. The fraction of sp³-hybridized carbons (Fsp3) is 0.520. The van der Waals surface area contributed by atoms with Crippen molar-refractivity contribution in [2.45, 2.75) is 64.7 Å². The van der Waals surface area contributed by atoms with Gasteiger partial charge in [0.2, 0.25) is 0 Å². The van der Waals surface area contributed by atoms with Crippen LogP contribution in [-0.2, 0) is 19.5 Å². The number of benzene rings is 2. The van der Waals surface area contributed by atoms with Crippen LogP contribution in [0.25, 0.3) is 0 Å². The number of nitrogens with one attached hydrogen (secondary N) is 1. The zero-order valence-electron chi connectivity index (χ0n) is 18.1. The third kappa shape index (κ3) is 5.01. The first-order valence-corrected chi connectivity index (χ1v) is 11.0. The molecule has 5 heteroatoms. The molecule has 0 spiro atoms. The van der Waals surface area contributed by atoms with Crippen LogP contribution in [0.5, 0.6) is 5.75 Å². The molecule has 2 aliphatic rings. The third-order valence-electron chi connectivity index (χ3n) is 6.17. The van der Waals surface area contributed by atoms with E-state index in [4.69, 9.17) is 4.74 Å². The number of halogens is 2. The molecule has 2 aromatic rings. The number of alkyl halides is 2. The van der Waals surface area contributed by atoms with Crippen LogP contribution in [0.3, 0.4) is 0 Å². The van der Waals surface area contributed by atoms with Gasteiger partial charge in [-0.2, -0.15) is 0 Å². The largest absolute Gasteiger partial charge is 0.493 e. The molecule has 1 N–H and O–H groups in total. The minimum absolute atomic E-state index is 0.0408. The van der Waals surface area contributed by atoms with Gasteiger partial charge in [-0.1, -0.05) is 50.2 Å². The molecule has 3 nitrogen and oxygen atoms in total. The average Bonchev–Trinajstić information content (AvgIpc) is 3.32. The number of hydrogen-bond acceptors (Lipinski definition) is 3. The maximum absolute atomic E-state index is 13.1. The molecule has 2 aromatic carbocycles. The molecular formula is C25H32F2N2O. The number of fused-ring (bicyclic) bond motifs is 1. The lowest BCUT2D eigenvalue weighted by Gasteiger charge is -2.30. The predicted molar refractivity (Wildman–Crippen MR) is 116 cm³/mol. The fourth-order valence-corrected chi connectivity index (χ4v) is 4.31. The molecule has 0 bridgehead atoms. The number of nitrogens with zero attached hydrogens (tertiary/aromatic N) is 1. The van der Waals surface area contributed by atoms with Crippen LogP contribution >= 0.6 is 0 Å². The van der Waals surface area contributed by atoms with Gasteiger partial charge >= 0.3 is 0 Å². The molecule has 1 aliphatic heterocycles. The molecule has 0 saturated heterocycles. The number of ether oxygens (including phenoxy) is 1. The minimum atomic E-state index is -2.52. The Hall–Kier alpha value is -1.98. The Morgan fingerprint density at radius 2 is 1.87 bits per heavy atom. The fourth-order valence-electron chi connectivity index (χ4n) is 4.31. The summed E-state index contributed by atoms with van der Waals surface area (Å²) in [5.41, 5.74) is 5.04. The smallest absolute Gasteiger partial charge is 0.255 e. The van der Waals surface area contributed by atoms with E-state index >= 15 is 0 Å². The standard InChI is InChI=1S/C25H32F2N2O/c1-17(2)28-18(3)20-9-7-19(8-10-20)14-29-12-11-23-21(15-29)5-4-6-24(23)30-16-22-13-25(22,26)27/h4-10,17-18,22,28H,11-16H2,1-3H3. The van der Waals surface area contributed by atoms with E-state index in [0.717, 1.165) is 31.8 Å². The van der Waals surface area contributed by atoms with Crippen molar-refractivity contribution >= 4 is 0 Å². The summed E-state index contributed by atoms with van der Waals surface area (Å²) in [7, 11) is 0. The summed E-state index contributed by atoms with van der Waals surface area (Å²) in [4.78, 5) is 2.44. The van der Waals surface area contributed by atoms with Crippen molar-refractivity contribution in [2.24, 2.45) is 5.92 Å². The van der Waals surface area contributed by atoms with Crippen molar-refractivity contribution in [3.8, 4) is 5.75 Å². The summed E-state index contributed by atoms with van der Waals surface area (Å²) in [5, 5.41) is 3.54. The summed E-state index contributed by atoms with van der Waals surface area (Å²) < 4.78 is 32.0. The van der Waals surface area contributed by atoms with Gasteiger partial charge in [-0.15, -0.1) is 0 Å². The highest BCUT2D eigenvalue weighted by Crippen LogP contribution is 2.48. The number of hydrogen-bond donors (Lipinski definition) is 1. The van der Waals surface area contributed by atoms with Gasteiger partial charge < -0.3 is 10.1 Å². The predicted octanol–water partition coefficient (Wildman–Crippen LogP) is 5.34. The zero-order valence-corrected chi connectivity index (χ0v) is 18.1. The Balaban J connectivity index is 1.35. The van der Waals surface area contributed by atoms with Gasteiger partial charge in [0.25, 0.3) is 5.92 Å². The molecule has 1 saturated carbocycles. The Morgan fingerprint density at radius 1 is 1.13 bits per heavy atom. The van der Waals surface area contributed by atoms with Gasteiger partial charge in [0.1, 0.15) is 5.75 Å². The second-order valence-corrected chi connectivity index (χ2v) is 9.11. The summed E-state index contributed by atoms with van der Waals surface area (Å²) in [6, 6.07) is 15.7. The first kappa shape index (κ1) is 21.3. The van der Waals surface area contributed by atoms with Crippen molar-refractivity contribution in [1.82, 2.24) is 10.2 Å². The van der Waals surface area contributed by atoms with Crippen LogP contribution in [0.1, 0.15) is 55.5 Å². The lowest BCUT2D eigenvalue weighted by atomic mass is 9.98. The van der Waals surface area contributed by atoms with Gasteiger partial charge in [0.05, 0.1) is 12.5 Å².